The lowest BCUT2D eigenvalue weighted by atomic mass is 9.72. The van der Waals surface area contributed by atoms with Crippen LogP contribution >= 0.6 is 0 Å². The van der Waals surface area contributed by atoms with E-state index in [-0.39, 0.29) is 30.7 Å². The van der Waals surface area contributed by atoms with Crippen LogP contribution in [-0.2, 0) is 11.2 Å². The molecule has 2 aromatic heterocycles. The molecule has 10 nitrogen and oxygen atoms in total. The number of nitrogens with zero attached hydrogens (tertiary/aromatic N) is 3. The number of nitrogens with one attached hydrogen (secondary N) is 2. The lowest BCUT2D eigenvalue weighted by Crippen LogP contribution is -2.73. The van der Waals surface area contributed by atoms with Gasteiger partial charge in [0, 0.05) is 29.9 Å². The van der Waals surface area contributed by atoms with E-state index in [0.717, 1.165) is 30.5 Å². The first-order valence-corrected chi connectivity index (χ1v) is 10.3. The molecule has 2 amide bonds. The van der Waals surface area contributed by atoms with E-state index in [9.17, 15) is 19.8 Å². The van der Waals surface area contributed by atoms with Crippen LogP contribution in [0.25, 0.3) is 0 Å². The Morgan fingerprint density at radius 2 is 2.19 bits per heavy atom. The van der Waals surface area contributed by atoms with E-state index in [1.54, 1.807) is 18.3 Å². The Labute approximate surface area is 179 Å². The zero-order valence-corrected chi connectivity index (χ0v) is 17.5. The topological polar surface area (TPSA) is 141 Å². The van der Waals surface area contributed by atoms with Crippen molar-refractivity contribution in [2.45, 2.75) is 50.2 Å². The molecule has 0 aromatic carbocycles. The van der Waals surface area contributed by atoms with Crippen molar-refractivity contribution in [2.24, 2.45) is 5.92 Å². The predicted octanol–water partition coefficient (Wildman–Crippen LogP) is 1.99. The number of ether oxygens (including phenoxy) is 1. The SMILES string of the molecule is COc1cc(CC(=O)Nc2cc([C@H]3CC[C@@H]([C@]4(C)[C@@H](O)CN4C(=O)O)C3)[nH]n2)ccn1. The number of aliphatic hydroxyl groups is 1. The van der Waals surface area contributed by atoms with Crippen LogP contribution in [-0.4, -0.2) is 67.6 Å². The summed E-state index contributed by atoms with van der Waals surface area (Å²) in [5.74, 6) is 0.951. The number of β-amino-alcohol motifs (C(OH)–C–C–N with tert-alkyl or cyclic N) is 1. The predicted molar refractivity (Wildman–Crippen MR) is 111 cm³/mol. The molecule has 31 heavy (non-hydrogen) atoms. The van der Waals surface area contributed by atoms with Crippen LogP contribution in [0.5, 0.6) is 5.88 Å². The van der Waals surface area contributed by atoms with E-state index >= 15 is 0 Å². The summed E-state index contributed by atoms with van der Waals surface area (Å²) in [7, 11) is 1.52. The monoisotopic (exact) mass is 429 g/mol. The minimum atomic E-state index is -0.991. The number of carbonyl (C=O) groups excluding carboxylic acids is 1. The molecule has 1 saturated heterocycles. The van der Waals surface area contributed by atoms with Crippen molar-refractivity contribution in [1.29, 1.82) is 0 Å². The molecule has 1 aliphatic heterocycles. The zero-order valence-electron chi connectivity index (χ0n) is 17.5. The first-order chi connectivity index (χ1) is 14.8. The molecular weight excluding hydrogens is 402 g/mol. The van der Waals surface area contributed by atoms with Crippen LogP contribution in [0.3, 0.4) is 0 Å². The number of aromatic amines is 1. The summed E-state index contributed by atoms with van der Waals surface area (Å²) in [5.41, 5.74) is 0.945. The quantitative estimate of drug-likeness (QED) is 0.550. The summed E-state index contributed by atoms with van der Waals surface area (Å²) in [6.07, 6.45) is 2.58. The fourth-order valence-electron chi connectivity index (χ4n) is 4.85. The Bertz CT molecular complexity index is 979. The molecule has 0 bridgehead atoms. The number of carbonyl (C=O) groups is 2. The number of methoxy groups -OCH3 is 1. The highest BCUT2D eigenvalue weighted by atomic mass is 16.5. The van der Waals surface area contributed by atoms with Crippen molar-refractivity contribution < 1.29 is 24.5 Å². The van der Waals surface area contributed by atoms with Crippen molar-refractivity contribution in [3.63, 3.8) is 0 Å². The molecule has 10 heteroatoms. The largest absolute Gasteiger partial charge is 0.481 e. The van der Waals surface area contributed by atoms with Gasteiger partial charge in [-0.3, -0.25) is 14.8 Å². The van der Waals surface area contributed by atoms with Gasteiger partial charge in [-0.15, -0.1) is 0 Å². The molecule has 0 spiro atoms. The number of rotatable bonds is 6. The van der Waals surface area contributed by atoms with Gasteiger partial charge in [0.25, 0.3) is 0 Å². The van der Waals surface area contributed by atoms with Crippen molar-refractivity contribution in [2.75, 3.05) is 19.0 Å². The zero-order chi connectivity index (χ0) is 22.2. The van der Waals surface area contributed by atoms with E-state index in [1.165, 1.54) is 12.0 Å². The Kier molecular flexibility index (Phi) is 5.57. The molecule has 4 N–H and O–H groups in total. The van der Waals surface area contributed by atoms with Gasteiger partial charge < -0.3 is 20.3 Å². The van der Waals surface area contributed by atoms with Gasteiger partial charge in [-0.25, -0.2) is 9.78 Å². The van der Waals surface area contributed by atoms with E-state index < -0.39 is 17.7 Å². The molecule has 1 aliphatic carbocycles. The highest BCUT2D eigenvalue weighted by Crippen LogP contribution is 2.49. The third kappa shape index (κ3) is 3.95. The van der Waals surface area contributed by atoms with Gasteiger partial charge in [0.2, 0.25) is 11.8 Å². The summed E-state index contributed by atoms with van der Waals surface area (Å²) >= 11 is 0. The molecule has 166 valence electrons. The summed E-state index contributed by atoms with van der Waals surface area (Å²) in [4.78, 5) is 29.2. The third-order valence-corrected chi connectivity index (χ3v) is 6.78. The van der Waals surface area contributed by atoms with Crippen LogP contribution in [0.1, 0.15) is 43.4 Å². The summed E-state index contributed by atoms with van der Waals surface area (Å²) in [6, 6.07) is 5.29. The molecule has 2 aliphatic rings. The number of hydrogen-bond acceptors (Lipinski definition) is 6. The van der Waals surface area contributed by atoms with Crippen LogP contribution in [0, 0.1) is 5.92 Å². The van der Waals surface area contributed by atoms with Gasteiger partial charge in [-0.05, 0) is 43.7 Å². The number of aromatic nitrogens is 3. The van der Waals surface area contributed by atoms with Crippen molar-refractivity contribution in [1.82, 2.24) is 20.1 Å². The Morgan fingerprint density at radius 3 is 2.90 bits per heavy atom. The maximum Gasteiger partial charge on any atom is 0.407 e. The lowest BCUT2D eigenvalue weighted by Gasteiger charge is -2.56. The van der Waals surface area contributed by atoms with E-state index in [1.807, 2.05) is 13.0 Å². The standard InChI is InChI=1S/C21H27N5O5/c1-21(16(27)11-26(21)20(29)30)14-4-3-13(9-14)15-10-17(25-24-15)23-18(28)7-12-5-6-22-19(8-12)31-2/h5-6,8,10,13-14,16,27H,3-4,7,9,11H2,1-2H3,(H,29,30)(H2,23,24,25,28)/t13-,14+,16-,21+/m0/s1. The van der Waals surface area contributed by atoms with Gasteiger partial charge in [0.1, 0.15) is 0 Å². The average Bonchev–Trinajstić information content (AvgIpc) is 3.40. The minimum absolute atomic E-state index is 0.0698. The van der Waals surface area contributed by atoms with Crippen LogP contribution in [0.2, 0.25) is 0 Å². The minimum Gasteiger partial charge on any atom is -0.481 e. The van der Waals surface area contributed by atoms with Crippen molar-refractivity contribution in [3.8, 4) is 5.88 Å². The molecule has 2 aromatic rings. The molecule has 2 fully saturated rings. The summed E-state index contributed by atoms with van der Waals surface area (Å²) in [5, 5.41) is 29.7. The second-order valence-corrected chi connectivity index (χ2v) is 8.48. The summed E-state index contributed by atoms with van der Waals surface area (Å²) < 4.78 is 5.07. The van der Waals surface area contributed by atoms with E-state index in [0.29, 0.717) is 11.7 Å². The third-order valence-electron chi connectivity index (χ3n) is 6.78. The molecule has 4 atom stereocenters. The van der Waals surface area contributed by atoms with E-state index in [2.05, 4.69) is 20.5 Å². The fraction of sp³-hybridized carbons (Fsp3) is 0.524. The smallest absolute Gasteiger partial charge is 0.407 e. The first-order valence-electron chi connectivity index (χ1n) is 10.3. The Hall–Kier alpha value is -3.14. The van der Waals surface area contributed by atoms with Crippen molar-refractivity contribution >= 4 is 17.8 Å². The average molecular weight is 429 g/mol. The van der Waals surface area contributed by atoms with Gasteiger partial charge in [-0.1, -0.05) is 0 Å². The number of carboxylic acid groups (broad SMARTS) is 1. The number of likely N-dealkylation sites (tertiary alicyclic amines) is 1. The summed E-state index contributed by atoms with van der Waals surface area (Å²) in [6.45, 7) is 1.99. The second kappa shape index (κ2) is 8.18. The van der Waals surface area contributed by atoms with Gasteiger partial charge >= 0.3 is 6.09 Å². The number of anilines is 1. The molecule has 4 rings (SSSR count). The van der Waals surface area contributed by atoms with Gasteiger partial charge in [0.15, 0.2) is 5.82 Å². The molecule has 1 saturated carbocycles. The number of pyridine rings is 1. The Balaban J connectivity index is 1.36. The van der Waals surface area contributed by atoms with Crippen LogP contribution in [0.4, 0.5) is 10.6 Å². The lowest BCUT2D eigenvalue weighted by molar-refractivity contribution is -0.136. The molecule has 3 heterocycles. The maximum absolute atomic E-state index is 12.4. The maximum atomic E-state index is 12.4. The van der Waals surface area contributed by atoms with Crippen LogP contribution < -0.4 is 10.1 Å². The normalized spacial score (nSPS) is 27.6. The van der Waals surface area contributed by atoms with Crippen molar-refractivity contribution in [3.05, 3.63) is 35.7 Å². The number of H-pyrrole nitrogens is 1. The highest BCUT2D eigenvalue weighted by molar-refractivity contribution is 5.91. The first kappa shape index (κ1) is 21.1. The van der Waals surface area contributed by atoms with Crippen LogP contribution in [0.15, 0.2) is 24.4 Å². The fourth-order valence-corrected chi connectivity index (χ4v) is 4.85. The number of hydrogen-bond donors (Lipinski definition) is 4. The Morgan fingerprint density at radius 1 is 1.39 bits per heavy atom. The number of amides is 2. The highest BCUT2D eigenvalue weighted by Gasteiger charge is 2.57. The van der Waals surface area contributed by atoms with Gasteiger partial charge in [-0.2, -0.15) is 5.10 Å². The molecule has 0 unspecified atom stereocenters. The number of aliphatic hydroxyl groups excluding tert-OH is 1. The second-order valence-electron chi connectivity index (χ2n) is 8.48. The molecular formula is C21H27N5O5. The molecule has 0 radical (unpaired) electrons. The van der Waals surface area contributed by atoms with Gasteiger partial charge in [0.05, 0.1) is 31.7 Å². The van der Waals surface area contributed by atoms with E-state index in [4.69, 9.17) is 4.74 Å².